The number of aromatic nitrogens is 4. The number of rotatable bonds is 8. The zero-order valence-corrected chi connectivity index (χ0v) is 19.6. The third kappa shape index (κ3) is 4.39. The highest BCUT2D eigenvalue weighted by Gasteiger charge is 2.19. The van der Waals surface area contributed by atoms with Gasteiger partial charge in [-0.3, -0.25) is 14.2 Å². The molecule has 2 aromatic carbocycles. The van der Waals surface area contributed by atoms with Crippen molar-refractivity contribution in [2.75, 3.05) is 19.5 Å². The molecule has 0 aliphatic heterocycles. The second-order valence-electron chi connectivity index (χ2n) is 8.38. The van der Waals surface area contributed by atoms with Crippen LogP contribution in [0.5, 0.6) is 11.5 Å². The predicted octanol–water partition coefficient (Wildman–Crippen LogP) is 2.51. The number of amides is 1. The van der Waals surface area contributed by atoms with Crippen LogP contribution in [-0.2, 0) is 17.9 Å². The van der Waals surface area contributed by atoms with Crippen molar-refractivity contribution in [3.8, 4) is 11.5 Å². The molecular formula is C24H27N5O5. The lowest BCUT2D eigenvalue weighted by molar-refractivity contribution is -0.117. The Morgan fingerprint density at radius 3 is 2.38 bits per heavy atom. The first kappa shape index (κ1) is 23.1. The zero-order valence-electron chi connectivity index (χ0n) is 19.6. The molecule has 0 spiro atoms. The molecule has 0 radical (unpaired) electrons. The molecule has 1 N–H and O–H groups in total. The van der Waals surface area contributed by atoms with Crippen LogP contribution in [0.3, 0.4) is 0 Å². The standard InChI is InChI=1S/C24H27N5O5/c1-15(2)9-10-27-22(31)19-7-5-6-8-20(19)29-23(27)26-28(24(29)32)14-21(30)25-16-11-17(33-3)13-18(12-16)34-4/h5-8,11-13,15H,9-10,14H2,1-4H3,(H,25,30). The second-order valence-corrected chi connectivity index (χ2v) is 8.38. The monoisotopic (exact) mass is 465 g/mol. The molecule has 10 nitrogen and oxygen atoms in total. The van der Waals surface area contributed by atoms with Gasteiger partial charge in [-0.2, -0.15) is 0 Å². The van der Waals surface area contributed by atoms with Crippen LogP contribution in [0.4, 0.5) is 5.69 Å². The highest BCUT2D eigenvalue weighted by atomic mass is 16.5. The van der Waals surface area contributed by atoms with Crippen molar-refractivity contribution in [3.05, 3.63) is 63.3 Å². The van der Waals surface area contributed by atoms with E-state index in [0.717, 1.165) is 11.1 Å². The molecule has 2 heterocycles. The molecule has 2 aromatic heterocycles. The average molecular weight is 466 g/mol. The number of benzene rings is 2. The first-order valence-corrected chi connectivity index (χ1v) is 11.0. The van der Waals surface area contributed by atoms with Crippen LogP contribution < -0.4 is 26.0 Å². The number of fused-ring (bicyclic) bond motifs is 3. The minimum absolute atomic E-state index is 0.213. The Morgan fingerprint density at radius 2 is 1.74 bits per heavy atom. The number of hydrogen-bond donors (Lipinski definition) is 1. The van der Waals surface area contributed by atoms with E-state index in [2.05, 4.69) is 24.3 Å². The van der Waals surface area contributed by atoms with Crippen LogP contribution in [0.25, 0.3) is 16.7 Å². The molecule has 0 aliphatic carbocycles. The van der Waals surface area contributed by atoms with Crippen LogP contribution in [-0.4, -0.2) is 38.9 Å². The third-order valence-corrected chi connectivity index (χ3v) is 5.54. The molecule has 10 heteroatoms. The largest absolute Gasteiger partial charge is 0.497 e. The summed E-state index contributed by atoms with van der Waals surface area (Å²) in [7, 11) is 3.03. The lowest BCUT2D eigenvalue weighted by Gasteiger charge is -2.10. The number of aryl methyl sites for hydroxylation is 1. The molecule has 0 fully saturated rings. The minimum Gasteiger partial charge on any atom is -0.497 e. The number of carbonyl (C=O) groups excluding carboxylic acids is 1. The van der Waals surface area contributed by atoms with Gasteiger partial charge in [0, 0.05) is 30.4 Å². The van der Waals surface area contributed by atoms with Gasteiger partial charge in [0.1, 0.15) is 18.0 Å². The average Bonchev–Trinajstić information content (AvgIpc) is 3.14. The van der Waals surface area contributed by atoms with E-state index in [1.807, 2.05) is 0 Å². The molecule has 0 saturated carbocycles. The van der Waals surface area contributed by atoms with Crippen molar-refractivity contribution >= 4 is 28.3 Å². The van der Waals surface area contributed by atoms with Crippen molar-refractivity contribution in [1.82, 2.24) is 18.7 Å². The first-order valence-electron chi connectivity index (χ1n) is 11.0. The van der Waals surface area contributed by atoms with Crippen molar-refractivity contribution < 1.29 is 14.3 Å². The van der Waals surface area contributed by atoms with Crippen LogP contribution in [0.1, 0.15) is 20.3 Å². The first-order chi connectivity index (χ1) is 16.3. The summed E-state index contributed by atoms with van der Waals surface area (Å²) in [5, 5.41) is 7.53. The molecule has 0 unspecified atom stereocenters. The van der Waals surface area contributed by atoms with E-state index in [1.165, 1.54) is 23.2 Å². The van der Waals surface area contributed by atoms with Gasteiger partial charge in [0.05, 0.1) is 25.1 Å². The lowest BCUT2D eigenvalue weighted by Crippen LogP contribution is -2.29. The molecule has 1 amide bonds. The van der Waals surface area contributed by atoms with E-state index in [4.69, 9.17) is 9.47 Å². The quantitative estimate of drug-likeness (QED) is 0.428. The molecular weight excluding hydrogens is 438 g/mol. The molecule has 0 atom stereocenters. The van der Waals surface area contributed by atoms with E-state index >= 15 is 0 Å². The summed E-state index contributed by atoms with van der Waals surface area (Å²) in [6.07, 6.45) is 0.743. The van der Waals surface area contributed by atoms with Gasteiger partial charge in [-0.1, -0.05) is 26.0 Å². The number of ether oxygens (including phenoxy) is 2. The van der Waals surface area contributed by atoms with Gasteiger partial charge >= 0.3 is 5.69 Å². The van der Waals surface area contributed by atoms with Crippen molar-refractivity contribution in [1.29, 1.82) is 0 Å². The Kier molecular flexibility index (Phi) is 6.40. The van der Waals surface area contributed by atoms with Crippen LogP contribution in [0.15, 0.2) is 52.1 Å². The van der Waals surface area contributed by atoms with Crippen LogP contribution >= 0.6 is 0 Å². The summed E-state index contributed by atoms with van der Waals surface area (Å²) < 4.78 is 14.4. The predicted molar refractivity (Wildman–Crippen MR) is 129 cm³/mol. The normalized spacial score (nSPS) is 11.3. The number of anilines is 1. The number of nitrogens with zero attached hydrogens (tertiary/aromatic N) is 4. The van der Waals surface area contributed by atoms with Gasteiger partial charge in [0.15, 0.2) is 0 Å². The van der Waals surface area contributed by atoms with Crippen molar-refractivity contribution in [2.24, 2.45) is 5.92 Å². The maximum Gasteiger partial charge on any atom is 0.352 e. The van der Waals surface area contributed by atoms with E-state index in [0.29, 0.717) is 40.6 Å². The highest BCUT2D eigenvalue weighted by Crippen LogP contribution is 2.25. The fourth-order valence-corrected chi connectivity index (χ4v) is 3.78. The van der Waals surface area contributed by atoms with E-state index in [-0.39, 0.29) is 17.9 Å². The smallest absolute Gasteiger partial charge is 0.352 e. The van der Waals surface area contributed by atoms with Gasteiger partial charge in [0.2, 0.25) is 11.7 Å². The van der Waals surface area contributed by atoms with Gasteiger partial charge in [-0.05, 0) is 24.5 Å². The third-order valence-electron chi connectivity index (χ3n) is 5.54. The SMILES string of the molecule is COc1cc(NC(=O)Cn2nc3n(CCC(C)C)c(=O)c4ccccc4n3c2=O)cc(OC)c1. The van der Waals surface area contributed by atoms with Gasteiger partial charge in [0.25, 0.3) is 5.56 Å². The molecule has 4 rings (SSSR count). The Balaban J connectivity index is 1.74. The van der Waals surface area contributed by atoms with E-state index < -0.39 is 11.6 Å². The van der Waals surface area contributed by atoms with Gasteiger partial charge in [-0.25, -0.2) is 13.9 Å². The molecule has 0 saturated heterocycles. The summed E-state index contributed by atoms with van der Waals surface area (Å²) >= 11 is 0. The van der Waals surface area contributed by atoms with Crippen LogP contribution in [0, 0.1) is 5.92 Å². The highest BCUT2D eigenvalue weighted by molar-refractivity contribution is 5.91. The van der Waals surface area contributed by atoms with Gasteiger partial charge in [-0.15, -0.1) is 5.10 Å². The summed E-state index contributed by atoms with van der Waals surface area (Å²) in [6.45, 7) is 4.21. The maximum atomic E-state index is 13.3. The molecule has 0 aliphatic rings. The maximum absolute atomic E-state index is 13.3. The number of para-hydroxylation sites is 1. The topological polar surface area (TPSA) is 109 Å². The summed E-state index contributed by atoms with van der Waals surface area (Å²) in [4.78, 5) is 39.2. The lowest BCUT2D eigenvalue weighted by atomic mass is 10.1. The Hall–Kier alpha value is -4.08. The second kappa shape index (κ2) is 9.42. The van der Waals surface area contributed by atoms with Crippen molar-refractivity contribution in [3.63, 3.8) is 0 Å². The summed E-state index contributed by atoms with van der Waals surface area (Å²) in [6, 6.07) is 11.9. The minimum atomic E-state index is -0.497. The molecule has 34 heavy (non-hydrogen) atoms. The summed E-state index contributed by atoms with van der Waals surface area (Å²) in [5.74, 6) is 1.14. The van der Waals surface area contributed by atoms with Crippen molar-refractivity contribution in [2.45, 2.75) is 33.4 Å². The van der Waals surface area contributed by atoms with E-state index in [9.17, 15) is 14.4 Å². The van der Waals surface area contributed by atoms with Gasteiger partial charge < -0.3 is 14.8 Å². The number of nitrogens with one attached hydrogen (secondary N) is 1. The molecule has 0 bridgehead atoms. The Morgan fingerprint density at radius 1 is 1.06 bits per heavy atom. The Bertz CT molecular complexity index is 1460. The zero-order chi connectivity index (χ0) is 24.4. The number of carbonyl (C=O) groups is 1. The molecule has 178 valence electrons. The fourth-order valence-electron chi connectivity index (χ4n) is 3.78. The number of hydrogen-bond acceptors (Lipinski definition) is 6. The Labute approximate surface area is 195 Å². The van der Waals surface area contributed by atoms with Crippen LogP contribution in [0.2, 0.25) is 0 Å². The fraction of sp³-hybridized carbons (Fsp3) is 0.333. The summed E-state index contributed by atoms with van der Waals surface area (Å²) in [5.41, 5.74) is 0.200. The number of methoxy groups -OCH3 is 2. The molecule has 4 aromatic rings. The van der Waals surface area contributed by atoms with E-state index in [1.54, 1.807) is 42.5 Å².